The average Bonchev–Trinajstić information content (AvgIpc) is 3.34. The predicted octanol–water partition coefficient (Wildman–Crippen LogP) is 9.45. The highest BCUT2D eigenvalue weighted by Gasteiger charge is 2.31. The second-order valence-corrected chi connectivity index (χ2v) is 14.4. The normalized spacial score (nSPS) is 12.8. The standard InChI is InChI=1S/C37H39N5O/c1-35(2,3)26-21-24(20-25-27-29(43-28(25)26)30(36(4,5)6)39-34(38-27)37(7,8)9)33-41-31(22-16-12-10-13-17-22)40-32(42-33)23-18-14-11-15-19-23/h10-21H,1-9H3. The lowest BCUT2D eigenvalue weighted by Crippen LogP contribution is -2.21. The molecule has 0 aliphatic heterocycles. The van der Waals surface area contributed by atoms with Crippen LogP contribution >= 0.6 is 0 Å². The van der Waals surface area contributed by atoms with Gasteiger partial charge in [0.25, 0.3) is 0 Å². The summed E-state index contributed by atoms with van der Waals surface area (Å²) in [6.07, 6.45) is 0. The molecule has 0 atom stereocenters. The maximum atomic E-state index is 6.73. The molecule has 3 aromatic heterocycles. The summed E-state index contributed by atoms with van der Waals surface area (Å²) < 4.78 is 6.73. The van der Waals surface area contributed by atoms with Crippen LogP contribution in [0.5, 0.6) is 0 Å². The molecule has 6 aromatic rings. The van der Waals surface area contributed by atoms with E-state index in [1.807, 2.05) is 60.7 Å². The van der Waals surface area contributed by atoms with Crippen LogP contribution in [0.3, 0.4) is 0 Å². The Labute approximate surface area is 253 Å². The molecule has 3 aromatic carbocycles. The summed E-state index contributed by atoms with van der Waals surface area (Å²) in [4.78, 5) is 25.1. The molecule has 6 rings (SSSR count). The Kier molecular flexibility index (Phi) is 6.72. The van der Waals surface area contributed by atoms with E-state index in [2.05, 4.69) is 74.4 Å². The van der Waals surface area contributed by atoms with Gasteiger partial charge in [0, 0.05) is 38.5 Å². The van der Waals surface area contributed by atoms with Crippen LogP contribution in [0.2, 0.25) is 0 Å². The molecule has 43 heavy (non-hydrogen) atoms. The zero-order valence-corrected chi connectivity index (χ0v) is 26.6. The van der Waals surface area contributed by atoms with Crippen LogP contribution in [0.4, 0.5) is 0 Å². The van der Waals surface area contributed by atoms with Crippen LogP contribution in [0.15, 0.2) is 77.2 Å². The zero-order chi connectivity index (χ0) is 30.7. The second-order valence-electron chi connectivity index (χ2n) is 14.4. The number of rotatable bonds is 3. The van der Waals surface area contributed by atoms with Crippen LogP contribution in [-0.2, 0) is 16.2 Å². The van der Waals surface area contributed by atoms with Gasteiger partial charge in [-0.3, -0.25) is 0 Å². The van der Waals surface area contributed by atoms with E-state index in [0.717, 1.165) is 55.8 Å². The number of fused-ring (bicyclic) bond motifs is 3. The van der Waals surface area contributed by atoms with Crippen LogP contribution in [0.1, 0.15) is 79.4 Å². The van der Waals surface area contributed by atoms with Crippen molar-refractivity contribution >= 4 is 22.1 Å². The molecule has 6 nitrogen and oxygen atoms in total. The smallest absolute Gasteiger partial charge is 0.175 e. The third kappa shape index (κ3) is 5.42. The van der Waals surface area contributed by atoms with Crippen LogP contribution in [0.25, 0.3) is 56.2 Å². The predicted molar refractivity (Wildman–Crippen MR) is 175 cm³/mol. The highest BCUT2D eigenvalue weighted by molar-refractivity contribution is 6.06. The van der Waals surface area contributed by atoms with E-state index >= 15 is 0 Å². The van der Waals surface area contributed by atoms with Crippen molar-refractivity contribution in [1.29, 1.82) is 0 Å². The van der Waals surface area contributed by atoms with E-state index < -0.39 is 0 Å². The van der Waals surface area contributed by atoms with Gasteiger partial charge in [0.1, 0.15) is 16.9 Å². The number of furan rings is 1. The fourth-order valence-electron chi connectivity index (χ4n) is 5.21. The van der Waals surface area contributed by atoms with Crippen LogP contribution < -0.4 is 0 Å². The molecule has 0 radical (unpaired) electrons. The van der Waals surface area contributed by atoms with E-state index in [1.165, 1.54) is 0 Å². The summed E-state index contributed by atoms with van der Waals surface area (Å²) in [7, 11) is 0. The summed E-state index contributed by atoms with van der Waals surface area (Å²) in [6, 6.07) is 24.4. The van der Waals surface area contributed by atoms with E-state index in [1.54, 1.807) is 0 Å². The Morgan fingerprint density at radius 1 is 0.488 bits per heavy atom. The van der Waals surface area contributed by atoms with Crippen molar-refractivity contribution in [2.75, 3.05) is 0 Å². The lowest BCUT2D eigenvalue weighted by molar-refractivity contribution is 0.509. The van der Waals surface area contributed by atoms with Gasteiger partial charge in [-0.15, -0.1) is 0 Å². The molecule has 0 saturated heterocycles. The summed E-state index contributed by atoms with van der Waals surface area (Å²) >= 11 is 0. The highest BCUT2D eigenvalue weighted by Crippen LogP contribution is 2.42. The lowest BCUT2D eigenvalue weighted by Gasteiger charge is -2.22. The van der Waals surface area contributed by atoms with Gasteiger partial charge < -0.3 is 4.42 Å². The Morgan fingerprint density at radius 3 is 1.47 bits per heavy atom. The molecular weight excluding hydrogens is 530 g/mol. The van der Waals surface area contributed by atoms with E-state index in [0.29, 0.717) is 17.5 Å². The first-order valence-corrected chi connectivity index (χ1v) is 14.9. The van der Waals surface area contributed by atoms with Gasteiger partial charge in [-0.2, -0.15) is 0 Å². The summed E-state index contributed by atoms with van der Waals surface area (Å²) in [5, 5.41) is 0.943. The van der Waals surface area contributed by atoms with E-state index in [9.17, 15) is 0 Å². The number of hydrogen-bond acceptors (Lipinski definition) is 6. The Bertz CT molecular complexity index is 1900. The molecule has 0 bridgehead atoms. The first kappa shape index (κ1) is 28.7. The van der Waals surface area contributed by atoms with Crippen molar-refractivity contribution in [3.63, 3.8) is 0 Å². The van der Waals surface area contributed by atoms with Crippen LogP contribution in [0, 0.1) is 0 Å². The molecule has 0 fully saturated rings. The van der Waals surface area contributed by atoms with Gasteiger partial charge in [-0.05, 0) is 17.5 Å². The minimum Gasteiger partial charge on any atom is -0.452 e. The van der Waals surface area contributed by atoms with Crippen molar-refractivity contribution in [2.45, 2.75) is 78.6 Å². The molecule has 0 amide bonds. The Hall–Kier alpha value is -4.45. The van der Waals surface area contributed by atoms with Crippen molar-refractivity contribution in [1.82, 2.24) is 24.9 Å². The highest BCUT2D eigenvalue weighted by atomic mass is 16.3. The molecule has 218 valence electrons. The Balaban J connectivity index is 1.70. The van der Waals surface area contributed by atoms with Gasteiger partial charge in [-0.25, -0.2) is 24.9 Å². The van der Waals surface area contributed by atoms with E-state index in [-0.39, 0.29) is 16.2 Å². The molecule has 0 unspecified atom stereocenters. The Morgan fingerprint density at radius 2 is 1.00 bits per heavy atom. The minimum atomic E-state index is -0.233. The van der Waals surface area contributed by atoms with Crippen molar-refractivity contribution in [3.8, 4) is 34.2 Å². The quantitative estimate of drug-likeness (QED) is 0.211. The van der Waals surface area contributed by atoms with Crippen LogP contribution in [-0.4, -0.2) is 24.9 Å². The number of aromatic nitrogens is 5. The molecule has 3 heterocycles. The van der Waals surface area contributed by atoms with Gasteiger partial charge in [0.15, 0.2) is 23.1 Å². The lowest BCUT2D eigenvalue weighted by atomic mass is 9.84. The number of benzene rings is 3. The maximum Gasteiger partial charge on any atom is 0.175 e. The average molecular weight is 570 g/mol. The largest absolute Gasteiger partial charge is 0.452 e. The molecular formula is C37H39N5O. The van der Waals surface area contributed by atoms with Gasteiger partial charge in [0.05, 0.1) is 5.69 Å². The number of nitrogens with zero attached hydrogens (tertiary/aromatic N) is 5. The SMILES string of the molecule is CC(C)(C)c1nc(C(C)(C)C)c2oc3c(C(C)(C)C)cc(-c4nc(-c5ccccc5)nc(-c5ccccc5)n4)cc3c2n1. The third-order valence-corrected chi connectivity index (χ3v) is 7.56. The fraction of sp³-hybridized carbons (Fsp3) is 0.324. The van der Waals surface area contributed by atoms with E-state index in [4.69, 9.17) is 29.3 Å². The monoisotopic (exact) mass is 569 g/mol. The first-order valence-electron chi connectivity index (χ1n) is 14.9. The van der Waals surface area contributed by atoms with Crippen molar-refractivity contribution in [3.05, 3.63) is 89.9 Å². The number of hydrogen-bond donors (Lipinski definition) is 0. The molecule has 0 saturated carbocycles. The van der Waals surface area contributed by atoms with Crippen molar-refractivity contribution < 1.29 is 4.42 Å². The van der Waals surface area contributed by atoms with Gasteiger partial charge in [-0.1, -0.05) is 123 Å². The second kappa shape index (κ2) is 10.1. The zero-order valence-electron chi connectivity index (χ0n) is 26.6. The molecule has 0 N–H and O–H groups in total. The van der Waals surface area contributed by atoms with Gasteiger partial charge >= 0.3 is 0 Å². The fourth-order valence-corrected chi connectivity index (χ4v) is 5.21. The molecule has 0 aliphatic carbocycles. The van der Waals surface area contributed by atoms with Crippen molar-refractivity contribution in [2.24, 2.45) is 0 Å². The maximum absolute atomic E-state index is 6.73. The summed E-state index contributed by atoms with van der Waals surface area (Å²) in [5.74, 6) is 2.67. The minimum absolute atomic E-state index is 0.220. The summed E-state index contributed by atoms with van der Waals surface area (Å²) in [6.45, 7) is 19.6. The molecule has 6 heteroatoms. The topological polar surface area (TPSA) is 77.6 Å². The summed E-state index contributed by atoms with van der Waals surface area (Å²) in [5.41, 5.74) is 6.46. The first-order chi connectivity index (χ1) is 20.2. The third-order valence-electron chi connectivity index (χ3n) is 7.56. The molecule has 0 spiro atoms. The van der Waals surface area contributed by atoms with Gasteiger partial charge in [0.2, 0.25) is 0 Å². The molecule has 0 aliphatic rings.